The lowest BCUT2D eigenvalue weighted by Crippen LogP contribution is -2.22. The van der Waals surface area contributed by atoms with Crippen LogP contribution in [0.2, 0.25) is 0 Å². The number of oxime groups is 1. The van der Waals surface area contributed by atoms with E-state index in [9.17, 15) is 13.6 Å². The Morgan fingerprint density at radius 3 is 2.68 bits per heavy atom. The van der Waals surface area contributed by atoms with Crippen LogP contribution < -0.4 is 5.32 Å². The van der Waals surface area contributed by atoms with E-state index in [1.807, 2.05) is 30.3 Å². The Morgan fingerprint density at radius 2 is 1.95 bits per heavy atom. The molecule has 0 aromatic heterocycles. The highest BCUT2D eigenvalue weighted by Gasteiger charge is 2.27. The van der Waals surface area contributed by atoms with Crippen LogP contribution in [0, 0.1) is 11.6 Å². The summed E-state index contributed by atoms with van der Waals surface area (Å²) in [5.74, 6) is -2.11. The van der Waals surface area contributed by atoms with Gasteiger partial charge >= 0.3 is 0 Å². The highest BCUT2D eigenvalue weighted by molar-refractivity contribution is 6.43. The standard InChI is InChI=1S/C16H12F2N2O2/c17-11-6-7-13(12(18)8-11)19-16(21)14-9-15(22-20-14)10-4-2-1-3-5-10/h1-8,15H,9H2,(H,19,21). The Labute approximate surface area is 125 Å². The van der Waals surface area contributed by atoms with Gasteiger partial charge < -0.3 is 10.2 Å². The molecule has 2 aromatic rings. The predicted molar refractivity (Wildman–Crippen MR) is 77.3 cm³/mol. The van der Waals surface area contributed by atoms with E-state index in [2.05, 4.69) is 10.5 Å². The van der Waals surface area contributed by atoms with Crippen molar-refractivity contribution in [3.63, 3.8) is 0 Å². The van der Waals surface area contributed by atoms with Crippen LogP contribution in [0.3, 0.4) is 0 Å². The fraction of sp³-hybridized carbons (Fsp3) is 0.125. The number of hydrogen-bond acceptors (Lipinski definition) is 3. The van der Waals surface area contributed by atoms with Crippen LogP contribution in [0.15, 0.2) is 53.7 Å². The molecular formula is C16H12F2N2O2. The maximum Gasteiger partial charge on any atom is 0.273 e. The average molecular weight is 302 g/mol. The maximum atomic E-state index is 13.5. The summed E-state index contributed by atoms with van der Waals surface area (Å²) in [4.78, 5) is 17.3. The Bertz CT molecular complexity index is 732. The minimum atomic E-state index is -0.840. The third kappa shape index (κ3) is 2.95. The highest BCUT2D eigenvalue weighted by atomic mass is 19.1. The molecule has 0 saturated heterocycles. The Hall–Kier alpha value is -2.76. The van der Waals surface area contributed by atoms with Crippen LogP contribution in [0.1, 0.15) is 18.1 Å². The van der Waals surface area contributed by atoms with Gasteiger partial charge in [0.25, 0.3) is 5.91 Å². The number of rotatable bonds is 3. The van der Waals surface area contributed by atoms with Crippen LogP contribution in [0.25, 0.3) is 0 Å². The van der Waals surface area contributed by atoms with Crippen molar-refractivity contribution in [2.45, 2.75) is 12.5 Å². The first kappa shape index (κ1) is 14.2. The Morgan fingerprint density at radius 1 is 1.18 bits per heavy atom. The molecule has 1 atom stereocenters. The van der Waals surface area contributed by atoms with E-state index < -0.39 is 17.5 Å². The number of carbonyl (C=O) groups excluding carboxylic acids is 1. The van der Waals surface area contributed by atoms with Gasteiger partial charge in [0.15, 0.2) is 6.10 Å². The Kier molecular flexibility index (Phi) is 3.82. The molecule has 3 rings (SSSR count). The molecule has 0 saturated carbocycles. The molecular weight excluding hydrogens is 290 g/mol. The number of benzene rings is 2. The zero-order valence-electron chi connectivity index (χ0n) is 11.4. The zero-order chi connectivity index (χ0) is 15.5. The molecule has 1 aliphatic rings. The van der Waals surface area contributed by atoms with E-state index in [1.165, 1.54) is 0 Å². The van der Waals surface area contributed by atoms with Gasteiger partial charge in [-0.15, -0.1) is 0 Å². The van der Waals surface area contributed by atoms with Crippen molar-refractivity contribution >= 4 is 17.3 Å². The van der Waals surface area contributed by atoms with Crippen LogP contribution in [0.5, 0.6) is 0 Å². The fourth-order valence-corrected chi connectivity index (χ4v) is 2.14. The minimum Gasteiger partial charge on any atom is -0.387 e. The molecule has 22 heavy (non-hydrogen) atoms. The fourth-order valence-electron chi connectivity index (χ4n) is 2.14. The first-order chi connectivity index (χ1) is 10.6. The van der Waals surface area contributed by atoms with Gasteiger partial charge in [-0.2, -0.15) is 0 Å². The van der Waals surface area contributed by atoms with Gasteiger partial charge in [0.2, 0.25) is 0 Å². The van der Waals surface area contributed by atoms with Crippen molar-refractivity contribution in [2.24, 2.45) is 5.16 Å². The molecule has 1 amide bonds. The summed E-state index contributed by atoms with van der Waals surface area (Å²) >= 11 is 0. The lowest BCUT2D eigenvalue weighted by atomic mass is 10.0. The summed E-state index contributed by atoms with van der Waals surface area (Å²) in [5, 5.41) is 6.10. The van der Waals surface area contributed by atoms with Crippen LogP contribution in [0.4, 0.5) is 14.5 Å². The molecule has 0 fully saturated rings. The summed E-state index contributed by atoms with van der Waals surface area (Å²) in [5.41, 5.74) is 0.969. The third-order valence-electron chi connectivity index (χ3n) is 3.28. The first-order valence-electron chi connectivity index (χ1n) is 6.67. The van der Waals surface area contributed by atoms with Crippen LogP contribution in [-0.2, 0) is 9.63 Å². The molecule has 0 radical (unpaired) electrons. The summed E-state index contributed by atoms with van der Waals surface area (Å²) in [7, 11) is 0. The van der Waals surface area contributed by atoms with E-state index in [0.29, 0.717) is 12.5 Å². The molecule has 112 valence electrons. The summed E-state index contributed by atoms with van der Waals surface area (Å²) < 4.78 is 26.3. The van der Waals surface area contributed by atoms with Crippen LogP contribution in [-0.4, -0.2) is 11.6 Å². The van der Waals surface area contributed by atoms with E-state index in [0.717, 1.165) is 17.7 Å². The van der Waals surface area contributed by atoms with Crippen molar-refractivity contribution in [3.8, 4) is 0 Å². The summed E-state index contributed by atoms with van der Waals surface area (Å²) in [6.07, 6.45) is -0.0430. The molecule has 0 spiro atoms. The topological polar surface area (TPSA) is 50.7 Å². The third-order valence-corrected chi connectivity index (χ3v) is 3.28. The first-order valence-corrected chi connectivity index (χ1v) is 6.67. The molecule has 1 N–H and O–H groups in total. The molecule has 4 nitrogen and oxygen atoms in total. The smallest absolute Gasteiger partial charge is 0.273 e. The molecule has 6 heteroatoms. The van der Waals surface area contributed by atoms with Crippen molar-refractivity contribution in [1.29, 1.82) is 0 Å². The van der Waals surface area contributed by atoms with E-state index in [-0.39, 0.29) is 17.5 Å². The predicted octanol–water partition coefficient (Wildman–Crippen LogP) is 3.42. The molecule has 0 bridgehead atoms. The maximum absolute atomic E-state index is 13.5. The SMILES string of the molecule is O=C(Nc1ccc(F)cc1F)C1=NOC(c2ccccc2)C1. The molecule has 1 heterocycles. The van der Waals surface area contributed by atoms with Gasteiger partial charge in [-0.3, -0.25) is 4.79 Å². The van der Waals surface area contributed by atoms with Crippen LogP contribution >= 0.6 is 0 Å². The Balaban J connectivity index is 1.67. The number of halogens is 2. The molecule has 1 unspecified atom stereocenters. The average Bonchev–Trinajstić information content (AvgIpc) is 3.01. The van der Waals surface area contributed by atoms with Crippen molar-refractivity contribution < 1.29 is 18.4 Å². The molecule has 1 aliphatic heterocycles. The zero-order valence-corrected chi connectivity index (χ0v) is 11.4. The lowest BCUT2D eigenvalue weighted by molar-refractivity contribution is -0.110. The molecule has 0 aliphatic carbocycles. The molecule has 2 aromatic carbocycles. The number of nitrogens with one attached hydrogen (secondary N) is 1. The second-order valence-corrected chi connectivity index (χ2v) is 4.83. The minimum absolute atomic E-state index is 0.0998. The van der Waals surface area contributed by atoms with Gasteiger partial charge in [-0.05, 0) is 17.7 Å². The second kappa shape index (κ2) is 5.93. The lowest BCUT2D eigenvalue weighted by Gasteiger charge is -2.08. The van der Waals surface area contributed by atoms with E-state index >= 15 is 0 Å². The number of amides is 1. The number of carbonyl (C=O) groups is 1. The normalized spacial score (nSPS) is 16.8. The highest BCUT2D eigenvalue weighted by Crippen LogP contribution is 2.27. The van der Waals surface area contributed by atoms with Gasteiger partial charge in [0.05, 0.1) is 5.69 Å². The van der Waals surface area contributed by atoms with Crippen molar-refractivity contribution in [2.75, 3.05) is 5.32 Å². The largest absolute Gasteiger partial charge is 0.387 e. The van der Waals surface area contributed by atoms with Gasteiger partial charge in [0, 0.05) is 12.5 Å². The number of nitrogens with zero attached hydrogens (tertiary/aromatic N) is 1. The van der Waals surface area contributed by atoms with Gasteiger partial charge in [-0.1, -0.05) is 35.5 Å². The summed E-state index contributed by atoms with van der Waals surface area (Å²) in [6, 6.07) is 12.3. The van der Waals surface area contributed by atoms with E-state index in [4.69, 9.17) is 4.84 Å². The number of hydrogen-bond donors (Lipinski definition) is 1. The summed E-state index contributed by atoms with van der Waals surface area (Å²) in [6.45, 7) is 0. The van der Waals surface area contributed by atoms with Gasteiger partial charge in [0.1, 0.15) is 17.3 Å². The van der Waals surface area contributed by atoms with Crippen molar-refractivity contribution in [3.05, 3.63) is 65.7 Å². The van der Waals surface area contributed by atoms with Gasteiger partial charge in [-0.25, -0.2) is 8.78 Å². The van der Waals surface area contributed by atoms with E-state index in [1.54, 1.807) is 0 Å². The number of anilines is 1. The quantitative estimate of drug-likeness (QED) is 0.944. The monoisotopic (exact) mass is 302 g/mol. The second-order valence-electron chi connectivity index (χ2n) is 4.83. The van der Waals surface area contributed by atoms with Crippen molar-refractivity contribution in [1.82, 2.24) is 0 Å².